The van der Waals surface area contributed by atoms with Gasteiger partial charge in [0.05, 0.1) is 22.0 Å². The van der Waals surface area contributed by atoms with E-state index in [1.165, 1.54) is 12.1 Å². The molecule has 4 rings (SSSR count). The molecule has 0 aromatic heterocycles. The zero-order valence-electron chi connectivity index (χ0n) is 28.6. The van der Waals surface area contributed by atoms with E-state index in [9.17, 15) is 8.42 Å². The molecule has 0 amide bonds. The van der Waals surface area contributed by atoms with E-state index in [0.29, 0.717) is 0 Å². The van der Waals surface area contributed by atoms with Gasteiger partial charge in [-0.3, -0.25) is 15.0 Å². The second-order valence-electron chi connectivity index (χ2n) is 13.9. The van der Waals surface area contributed by atoms with Gasteiger partial charge in [-0.2, -0.15) is 8.42 Å². The van der Waals surface area contributed by atoms with Crippen molar-refractivity contribution in [2.24, 2.45) is 0 Å². The van der Waals surface area contributed by atoms with Crippen molar-refractivity contribution >= 4 is 27.2 Å². The van der Waals surface area contributed by atoms with Crippen LogP contribution in [0.15, 0.2) is 102 Å². The van der Waals surface area contributed by atoms with Gasteiger partial charge in [-0.25, -0.2) is 0 Å². The molecule has 0 radical (unpaired) electrons. The summed E-state index contributed by atoms with van der Waals surface area (Å²) >= 11 is 0. The molecule has 9 heteroatoms. The molecular weight excluding hydrogens is 600 g/mol. The van der Waals surface area contributed by atoms with Gasteiger partial charge in [0.25, 0.3) is 10.1 Å². The van der Waals surface area contributed by atoms with Gasteiger partial charge in [0, 0.05) is 0 Å². The molecule has 0 atom stereocenters. The lowest BCUT2D eigenvalue weighted by Crippen LogP contribution is -2.25. The normalized spacial score (nSPS) is 12.0. The van der Waals surface area contributed by atoms with Crippen molar-refractivity contribution in [3.8, 4) is 17.2 Å². The molecule has 0 saturated carbocycles. The second-order valence-corrected chi connectivity index (χ2v) is 15.3. The Bertz CT molecular complexity index is 1570. The van der Waals surface area contributed by atoms with Crippen LogP contribution in [0.1, 0.15) is 67.9 Å². The van der Waals surface area contributed by atoms with Crippen molar-refractivity contribution in [3.05, 3.63) is 103 Å². The summed E-state index contributed by atoms with van der Waals surface area (Å²) in [5.74, 6) is 2.50. The lowest BCUT2D eigenvalue weighted by atomic mass is 10.2. The number of hydrazine groups is 1. The van der Waals surface area contributed by atoms with Crippen molar-refractivity contribution in [1.82, 2.24) is 0 Å². The number of anilines is 3. The monoisotopic (exact) mass is 648 g/mol. The molecule has 4 aromatic carbocycles. The predicted molar refractivity (Wildman–Crippen MR) is 187 cm³/mol. The Labute approximate surface area is 275 Å². The summed E-state index contributed by atoms with van der Waals surface area (Å²) in [4.78, 5) is -0.0666. The van der Waals surface area contributed by atoms with Gasteiger partial charge in [-0.15, -0.1) is 0 Å². The minimum absolute atomic E-state index is 0.0666. The minimum atomic E-state index is -4.02. The van der Waals surface area contributed by atoms with Crippen LogP contribution in [-0.2, 0) is 10.1 Å². The summed E-state index contributed by atoms with van der Waals surface area (Å²) in [6, 6.07) is 30.1. The van der Waals surface area contributed by atoms with Crippen molar-refractivity contribution in [1.29, 1.82) is 0 Å². The maximum absolute atomic E-state index is 10.5. The predicted octanol–water partition coefficient (Wildman–Crippen LogP) is 9.63. The molecule has 8 nitrogen and oxygen atoms in total. The first-order chi connectivity index (χ1) is 21.2. The van der Waals surface area contributed by atoms with E-state index >= 15 is 0 Å². The zero-order chi connectivity index (χ0) is 34.3. The average molecular weight is 649 g/mol. The molecule has 46 heavy (non-hydrogen) atoms. The number of rotatable bonds is 8. The molecule has 0 spiro atoms. The van der Waals surface area contributed by atoms with E-state index in [4.69, 9.17) is 18.8 Å². The second kappa shape index (κ2) is 14.5. The van der Waals surface area contributed by atoms with Crippen molar-refractivity contribution in [2.75, 3.05) is 10.4 Å². The van der Waals surface area contributed by atoms with Gasteiger partial charge in [0.15, 0.2) is 0 Å². The fourth-order valence-electron chi connectivity index (χ4n) is 4.10. The number of benzene rings is 4. The highest BCUT2D eigenvalue weighted by molar-refractivity contribution is 7.85. The number of hydrogen-bond donors (Lipinski definition) is 2. The number of hydrogen-bond acceptors (Lipinski definition) is 7. The summed E-state index contributed by atoms with van der Waals surface area (Å²) in [6.45, 7) is 20.2. The third kappa shape index (κ3) is 12.7. The van der Waals surface area contributed by atoms with Crippen LogP contribution in [0.2, 0.25) is 0 Å². The van der Waals surface area contributed by atoms with Gasteiger partial charge in [0.1, 0.15) is 34.1 Å². The van der Waals surface area contributed by atoms with E-state index in [2.05, 4.69) is 5.43 Å². The standard InChI is InChI=1S/C30H40N2O3.C7H8O3S/c1-28(2,3)33-25-16-10-22(11-17-25)31-32(23-12-18-26(19-13-23)34-29(4,5)6)24-14-20-27(21-15-24)35-30(7,8)9;1-6-2-4-7(5-3-6)11(8,9)10/h10-21,31H,1-9H3;2-5H,1H3,(H,8,9,10). The molecule has 0 heterocycles. The highest BCUT2D eigenvalue weighted by Gasteiger charge is 2.16. The van der Waals surface area contributed by atoms with E-state index in [0.717, 1.165) is 39.9 Å². The maximum Gasteiger partial charge on any atom is 0.294 e. The lowest BCUT2D eigenvalue weighted by molar-refractivity contribution is 0.130. The number of nitrogens with zero attached hydrogens (tertiary/aromatic N) is 1. The average Bonchev–Trinajstić information content (AvgIpc) is 2.91. The Morgan fingerprint density at radius 1 is 0.543 bits per heavy atom. The number of ether oxygens (including phenoxy) is 3. The number of aryl methyl sites for hydroxylation is 1. The summed E-state index contributed by atoms with van der Waals surface area (Å²) in [5.41, 5.74) is 6.64. The van der Waals surface area contributed by atoms with Crippen LogP contribution in [0.25, 0.3) is 0 Å². The fourth-order valence-corrected chi connectivity index (χ4v) is 4.58. The van der Waals surface area contributed by atoms with Gasteiger partial charge in [0.2, 0.25) is 0 Å². The highest BCUT2D eigenvalue weighted by atomic mass is 32.2. The smallest absolute Gasteiger partial charge is 0.294 e. The molecule has 4 aromatic rings. The van der Waals surface area contributed by atoms with Crippen LogP contribution in [0.5, 0.6) is 17.2 Å². The third-order valence-electron chi connectivity index (χ3n) is 5.88. The van der Waals surface area contributed by atoms with Gasteiger partial charge < -0.3 is 14.2 Å². The van der Waals surface area contributed by atoms with Crippen LogP contribution in [0.3, 0.4) is 0 Å². The summed E-state index contributed by atoms with van der Waals surface area (Å²) in [6.07, 6.45) is 0. The lowest BCUT2D eigenvalue weighted by Gasteiger charge is -2.28. The summed E-state index contributed by atoms with van der Waals surface area (Å²) in [5, 5.41) is 2.04. The molecule has 0 fully saturated rings. The first-order valence-electron chi connectivity index (χ1n) is 15.2. The quantitative estimate of drug-likeness (QED) is 0.144. The summed E-state index contributed by atoms with van der Waals surface area (Å²) in [7, 11) is -4.02. The largest absolute Gasteiger partial charge is 0.488 e. The molecule has 0 bridgehead atoms. The molecule has 0 aliphatic carbocycles. The van der Waals surface area contributed by atoms with Crippen LogP contribution < -0.4 is 24.6 Å². The van der Waals surface area contributed by atoms with E-state index < -0.39 is 10.1 Å². The SMILES string of the molecule is CC(C)(C)Oc1ccc(NN(c2ccc(OC(C)(C)C)cc2)c2ccc(OC(C)(C)C)cc2)cc1.Cc1ccc(S(=O)(=O)O)cc1. The van der Waals surface area contributed by atoms with E-state index in [1.54, 1.807) is 12.1 Å². The Morgan fingerprint density at radius 2 is 0.870 bits per heavy atom. The molecule has 0 saturated heterocycles. The molecule has 0 unspecified atom stereocenters. The minimum Gasteiger partial charge on any atom is -0.488 e. The third-order valence-corrected chi connectivity index (χ3v) is 6.74. The molecular formula is C37H48N2O6S. The van der Waals surface area contributed by atoms with Crippen molar-refractivity contribution in [2.45, 2.75) is 90.9 Å². The molecule has 0 aliphatic heterocycles. The number of nitrogens with one attached hydrogen (secondary N) is 1. The van der Waals surface area contributed by atoms with Crippen molar-refractivity contribution in [3.63, 3.8) is 0 Å². The van der Waals surface area contributed by atoms with Gasteiger partial charge >= 0.3 is 0 Å². The first-order valence-corrected chi connectivity index (χ1v) is 16.6. The van der Waals surface area contributed by atoms with Crippen LogP contribution in [-0.4, -0.2) is 29.8 Å². The van der Waals surface area contributed by atoms with E-state index in [-0.39, 0.29) is 21.7 Å². The molecule has 0 aliphatic rings. The van der Waals surface area contributed by atoms with Gasteiger partial charge in [-0.1, -0.05) is 17.7 Å². The Morgan fingerprint density at radius 3 is 1.17 bits per heavy atom. The van der Waals surface area contributed by atoms with Crippen LogP contribution in [0.4, 0.5) is 17.1 Å². The fraction of sp³-hybridized carbons (Fsp3) is 0.351. The maximum atomic E-state index is 10.5. The topological polar surface area (TPSA) is 97.3 Å². The Kier molecular flexibility index (Phi) is 11.4. The Balaban J connectivity index is 0.000000441. The summed E-state index contributed by atoms with van der Waals surface area (Å²) < 4.78 is 47.5. The van der Waals surface area contributed by atoms with Gasteiger partial charge in [-0.05, 0) is 154 Å². The zero-order valence-corrected chi connectivity index (χ0v) is 29.4. The highest BCUT2D eigenvalue weighted by Crippen LogP contribution is 2.31. The van der Waals surface area contributed by atoms with Crippen LogP contribution >= 0.6 is 0 Å². The molecule has 2 N–H and O–H groups in total. The van der Waals surface area contributed by atoms with Crippen LogP contribution in [0, 0.1) is 6.92 Å². The van der Waals surface area contributed by atoms with E-state index in [1.807, 2.05) is 147 Å². The first kappa shape index (κ1) is 36.3. The van der Waals surface area contributed by atoms with Crippen molar-refractivity contribution < 1.29 is 27.2 Å². The molecule has 248 valence electrons. The Hall–Kier alpha value is -4.21.